The number of aliphatic carboxylic acids is 1. The van der Waals surface area contributed by atoms with Crippen molar-refractivity contribution in [2.75, 3.05) is 18.5 Å². The van der Waals surface area contributed by atoms with E-state index in [2.05, 4.69) is 5.32 Å². The molecule has 0 spiro atoms. The van der Waals surface area contributed by atoms with Crippen molar-refractivity contribution in [1.29, 1.82) is 0 Å². The molecule has 7 nitrogen and oxygen atoms in total. The van der Waals surface area contributed by atoms with E-state index < -0.39 is 29.3 Å². The van der Waals surface area contributed by atoms with Crippen LogP contribution in [0.15, 0.2) is 30.3 Å². The van der Waals surface area contributed by atoms with Gasteiger partial charge in [-0.05, 0) is 105 Å². The highest BCUT2D eigenvalue weighted by molar-refractivity contribution is 5.95. The number of anilines is 1. The van der Waals surface area contributed by atoms with Gasteiger partial charge in [0.15, 0.2) is 17.7 Å². The first-order valence-electron chi connectivity index (χ1n) is 13.6. The number of carbonyl (C=O) groups is 2. The lowest BCUT2D eigenvalue weighted by Crippen LogP contribution is -2.29. The van der Waals surface area contributed by atoms with Gasteiger partial charge in [-0.1, -0.05) is 6.07 Å². The summed E-state index contributed by atoms with van der Waals surface area (Å²) in [6.45, 7) is 12.2. The number of carbonyl (C=O) groups excluding carboxylic acids is 1. The lowest BCUT2D eigenvalue weighted by Gasteiger charge is -2.31. The zero-order chi connectivity index (χ0) is 29.8. The zero-order valence-electron chi connectivity index (χ0n) is 24.1. The van der Waals surface area contributed by atoms with Crippen molar-refractivity contribution in [3.63, 3.8) is 0 Å². The van der Waals surface area contributed by atoms with E-state index in [9.17, 15) is 19.1 Å². The van der Waals surface area contributed by atoms with Gasteiger partial charge in [0, 0.05) is 30.8 Å². The third kappa shape index (κ3) is 5.14. The smallest absolute Gasteiger partial charge is 0.337 e. The predicted molar refractivity (Wildman–Crippen MR) is 151 cm³/mol. The van der Waals surface area contributed by atoms with Crippen LogP contribution in [0.1, 0.15) is 70.6 Å². The number of halogens is 2. The van der Waals surface area contributed by atoms with Crippen LogP contribution in [0.2, 0.25) is 0 Å². The topological polar surface area (TPSA) is 88.1 Å². The molecule has 2 N–H and O–H groups in total. The van der Waals surface area contributed by atoms with Crippen molar-refractivity contribution in [2.45, 2.75) is 66.3 Å². The standard InChI is InChI=1S/C32H34F2N2O5/c1-16-22-14-36(30(37)19-8-7-9-20(33)12-19)15-23(22)17(2)26(29(31(38)39)41-32(4,5)6)25(16)21-13-24(34)28-27(18(21)3)35-10-11-40-28/h7-9,12-13,29,35H,10-11,14-15H2,1-6H3,(H,38,39)/t29-/m0/s1. The predicted octanol–water partition coefficient (Wildman–Crippen LogP) is 6.46. The summed E-state index contributed by atoms with van der Waals surface area (Å²) < 4.78 is 41.1. The minimum atomic E-state index is -1.36. The van der Waals surface area contributed by atoms with E-state index in [-0.39, 0.29) is 30.3 Å². The number of ether oxygens (including phenoxy) is 2. The molecule has 9 heteroatoms. The minimum Gasteiger partial charge on any atom is -0.486 e. The number of carboxylic acid groups (broad SMARTS) is 1. The molecule has 2 heterocycles. The number of nitrogens with one attached hydrogen (secondary N) is 1. The van der Waals surface area contributed by atoms with Crippen LogP contribution in [-0.2, 0) is 22.6 Å². The number of hydrogen-bond donors (Lipinski definition) is 2. The van der Waals surface area contributed by atoms with E-state index in [4.69, 9.17) is 9.47 Å². The molecule has 41 heavy (non-hydrogen) atoms. The third-order valence-corrected chi connectivity index (χ3v) is 7.75. The number of fused-ring (bicyclic) bond motifs is 2. The summed E-state index contributed by atoms with van der Waals surface area (Å²) in [5.41, 5.74) is 5.24. The van der Waals surface area contributed by atoms with Crippen LogP contribution >= 0.6 is 0 Å². The fraction of sp³-hybridized carbons (Fsp3) is 0.375. The lowest BCUT2D eigenvalue weighted by atomic mass is 9.81. The summed E-state index contributed by atoms with van der Waals surface area (Å²) in [6, 6.07) is 6.93. The Morgan fingerprint density at radius 2 is 1.73 bits per heavy atom. The fourth-order valence-corrected chi connectivity index (χ4v) is 5.90. The third-order valence-electron chi connectivity index (χ3n) is 7.75. The van der Waals surface area contributed by atoms with Gasteiger partial charge < -0.3 is 24.8 Å². The van der Waals surface area contributed by atoms with Crippen molar-refractivity contribution < 1.29 is 33.0 Å². The number of hydrogen-bond acceptors (Lipinski definition) is 5. The van der Waals surface area contributed by atoms with Crippen LogP contribution < -0.4 is 10.1 Å². The second-order valence-corrected chi connectivity index (χ2v) is 11.6. The molecule has 2 aliphatic heterocycles. The van der Waals surface area contributed by atoms with Crippen LogP contribution in [0.25, 0.3) is 11.1 Å². The minimum absolute atomic E-state index is 0.141. The van der Waals surface area contributed by atoms with Gasteiger partial charge in [0.2, 0.25) is 0 Å². The van der Waals surface area contributed by atoms with E-state index in [1.807, 2.05) is 20.8 Å². The Morgan fingerprint density at radius 1 is 1.05 bits per heavy atom. The molecule has 216 valence electrons. The van der Waals surface area contributed by atoms with Crippen molar-refractivity contribution in [1.82, 2.24) is 4.90 Å². The largest absolute Gasteiger partial charge is 0.486 e. The number of rotatable bonds is 5. The van der Waals surface area contributed by atoms with E-state index >= 15 is 4.39 Å². The molecule has 0 saturated heterocycles. The van der Waals surface area contributed by atoms with Crippen molar-refractivity contribution >= 4 is 17.6 Å². The van der Waals surface area contributed by atoms with Gasteiger partial charge in [-0.2, -0.15) is 0 Å². The molecular weight excluding hydrogens is 530 g/mol. The van der Waals surface area contributed by atoms with Crippen molar-refractivity contribution in [3.8, 4) is 16.9 Å². The summed E-state index contributed by atoms with van der Waals surface area (Å²) in [6.07, 6.45) is -1.36. The number of benzene rings is 3. The molecule has 1 atom stereocenters. The number of amides is 1. The molecular formula is C32H34F2N2O5. The second-order valence-electron chi connectivity index (χ2n) is 11.6. The molecule has 3 aromatic carbocycles. The summed E-state index contributed by atoms with van der Waals surface area (Å²) in [7, 11) is 0. The first kappa shape index (κ1) is 28.5. The van der Waals surface area contributed by atoms with Crippen molar-refractivity contribution in [2.24, 2.45) is 0 Å². The normalized spacial score (nSPS) is 15.1. The molecule has 1 amide bonds. The Hall–Kier alpha value is -3.98. The Labute approximate surface area is 238 Å². The molecule has 0 unspecified atom stereocenters. The quantitative estimate of drug-likeness (QED) is 0.370. The molecule has 0 aromatic heterocycles. The van der Waals surface area contributed by atoms with Gasteiger partial charge in [0.05, 0.1) is 11.3 Å². The van der Waals surface area contributed by atoms with Gasteiger partial charge in [0.25, 0.3) is 5.91 Å². The maximum atomic E-state index is 15.5. The first-order chi connectivity index (χ1) is 19.3. The van der Waals surface area contributed by atoms with E-state index in [1.165, 1.54) is 24.3 Å². The molecule has 0 bridgehead atoms. The number of nitrogens with zero attached hydrogens (tertiary/aromatic N) is 1. The monoisotopic (exact) mass is 564 g/mol. The summed E-state index contributed by atoms with van der Waals surface area (Å²) in [5, 5.41) is 13.7. The molecule has 0 radical (unpaired) electrons. The van der Waals surface area contributed by atoms with Crippen LogP contribution in [-0.4, -0.2) is 40.6 Å². The molecule has 0 fully saturated rings. The maximum Gasteiger partial charge on any atom is 0.337 e. The lowest BCUT2D eigenvalue weighted by molar-refractivity contribution is -0.160. The first-order valence-corrected chi connectivity index (χ1v) is 13.6. The number of carboxylic acids is 1. The van der Waals surface area contributed by atoms with Crippen LogP contribution in [0.5, 0.6) is 5.75 Å². The fourth-order valence-electron chi connectivity index (χ4n) is 5.90. The highest BCUT2D eigenvalue weighted by atomic mass is 19.1. The van der Waals surface area contributed by atoms with Gasteiger partial charge in [-0.3, -0.25) is 4.79 Å². The Balaban J connectivity index is 1.74. The van der Waals surface area contributed by atoms with Gasteiger partial charge >= 0.3 is 5.97 Å². The maximum absolute atomic E-state index is 15.5. The molecule has 0 saturated carbocycles. The molecule has 3 aromatic rings. The van der Waals surface area contributed by atoms with Gasteiger partial charge in [-0.15, -0.1) is 0 Å². The van der Waals surface area contributed by atoms with Gasteiger partial charge in [-0.25, -0.2) is 13.6 Å². The highest BCUT2D eigenvalue weighted by Crippen LogP contribution is 2.47. The average molecular weight is 565 g/mol. The Kier molecular flexibility index (Phi) is 7.27. The Bertz CT molecular complexity index is 1580. The average Bonchev–Trinajstić information content (AvgIpc) is 3.37. The van der Waals surface area contributed by atoms with E-state index in [0.717, 1.165) is 22.3 Å². The SMILES string of the molecule is Cc1c(-c2c(C)c3c(c(C)c2[C@H](OC(C)(C)C)C(=O)O)CN(C(=O)c2cccc(F)c2)C3)cc(F)c2c1NCCO2. The van der Waals surface area contributed by atoms with E-state index in [0.29, 0.717) is 41.1 Å². The van der Waals surface area contributed by atoms with Crippen LogP contribution in [0, 0.1) is 32.4 Å². The van der Waals surface area contributed by atoms with Crippen molar-refractivity contribution in [3.05, 3.63) is 80.9 Å². The summed E-state index contributed by atoms with van der Waals surface area (Å²) in [5.74, 6) is -2.42. The molecule has 2 aliphatic rings. The van der Waals surface area contributed by atoms with E-state index in [1.54, 1.807) is 31.7 Å². The second kappa shape index (κ2) is 10.4. The summed E-state index contributed by atoms with van der Waals surface area (Å²) in [4.78, 5) is 27.8. The molecule has 5 rings (SSSR count). The van der Waals surface area contributed by atoms with Crippen LogP contribution in [0.4, 0.5) is 14.5 Å². The zero-order valence-corrected chi connectivity index (χ0v) is 24.1. The van der Waals surface area contributed by atoms with Crippen LogP contribution in [0.3, 0.4) is 0 Å². The van der Waals surface area contributed by atoms with Gasteiger partial charge in [0.1, 0.15) is 12.4 Å². The Morgan fingerprint density at radius 3 is 2.37 bits per heavy atom. The molecule has 0 aliphatic carbocycles. The summed E-state index contributed by atoms with van der Waals surface area (Å²) >= 11 is 0. The highest BCUT2D eigenvalue weighted by Gasteiger charge is 2.37.